The molecule has 1 aliphatic rings. The highest BCUT2D eigenvalue weighted by Crippen LogP contribution is 2.28. The molecule has 1 saturated carbocycles. The zero-order valence-corrected chi connectivity index (χ0v) is 20.1. The van der Waals surface area contributed by atoms with Crippen LogP contribution in [0.1, 0.15) is 59.0 Å². The normalized spacial score (nSPS) is 15.3. The summed E-state index contributed by atoms with van der Waals surface area (Å²) in [5.41, 5.74) is 2.00. The van der Waals surface area contributed by atoms with Crippen LogP contribution in [0.2, 0.25) is 0 Å². The van der Waals surface area contributed by atoms with E-state index < -0.39 is 6.04 Å². The maximum absolute atomic E-state index is 13.7. The number of hydrogen-bond acceptors (Lipinski definition) is 4. The molecule has 2 aromatic heterocycles. The first-order valence-electron chi connectivity index (χ1n) is 11.3. The molecule has 0 radical (unpaired) electrons. The summed E-state index contributed by atoms with van der Waals surface area (Å²) in [7, 11) is 0. The molecule has 4 nitrogen and oxygen atoms in total. The lowest BCUT2D eigenvalue weighted by Gasteiger charge is -2.33. The third-order valence-electron chi connectivity index (χ3n) is 6.04. The number of amides is 2. The minimum atomic E-state index is -0.646. The molecule has 2 heterocycles. The van der Waals surface area contributed by atoms with Gasteiger partial charge in [0.2, 0.25) is 11.8 Å². The second-order valence-electron chi connectivity index (χ2n) is 8.51. The molecule has 1 aliphatic carbocycles. The second kappa shape index (κ2) is 10.9. The zero-order chi connectivity index (χ0) is 22.3. The minimum Gasteiger partial charge on any atom is -0.351 e. The van der Waals surface area contributed by atoms with Gasteiger partial charge in [-0.15, -0.1) is 22.7 Å². The van der Waals surface area contributed by atoms with Crippen LogP contribution in [0.3, 0.4) is 0 Å². The SMILES string of the molecule is Cc1ccc([C@@H](C(=O)NC2CCCCC2)N(Cc2cccs2)C(=O)Cc2cccs2)cc1. The highest BCUT2D eigenvalue weighted by atomic mass is 32.1. The topological polar surface area (TPSA) is 49.4 Å². The van der Waals surface area contributed by atoms with Crippen LogP contribution in [0.4, 0.5) is 0 Å². The Labute approximate surface area is 198 Å². The number of nitrogens with one attached hydrogen (secondary N) is 1. The van der Waals surface area contributed by atoms with Gasteiger partial charge in [-0.25, -0.2) is 0 Å². The number of aryl methyl sites for hydroxylation is 1. The van der Waals surface area contributed by atoms with Gasteiger partial charge in [0.05, 0.1) is 13.0 Å². The molecule has 168 valence electrons. The van der Waals surface area contributed by atoms with Gasteiger partial charge in [-0.2, -0.15) is 0 Å². The molecule has 1 fully saturated rings. The first-order valence-corrected chi connectivity index (χ1v) is 13.1. The van der Waals surface area contributed by atoms with E-state index in [1.807, 2.05) is 66.2 Å². The third kappa shape index (κ3) is 5.87. The number of benzene rings is 1. The zero-order valence-electron chi connectivity index (χ0n) is 18.5. The first kappa shape index (κ1) is 22.7. The number of carbonyl (C=O) groups is 2. The van der Waals surface area contributed by atoms with Crippen LogP contribution in [0.25, 0.3) is 0 Å². The first-order chi connectivity index (χ1) is 15.6. The molecular formula is C26H30N2O2S2. The van der Waals surface area contributed by atoms with E-state index in [1.165, 1.54) is 6.42 Å². The van der Waals surface area contributed by atoms with Crippen LogP contribution < -0.4 is 5.32 Å². The predicted octanol–water partition coefficient (Wildman–Crippen LogP) is 5.88. The molecule has 1 aromatic carbocycles. The molecule has 0 saturated heterocycles. The molecule has 1 N–H and O–H groups in total. The molecule has 0 aliphatic heterocycles. The van der Waals surface area contributed by atoms with Crippen molar-refractivity contribution in [2.75, 3.05) is 0 Å². The Hall–Kier alpha value is -2.44. The number of rotatable bonds is 8. The molecule has 3 aromatic rings. The Bertz CT molecular complexity index is 991. The summed E-state index contributed by atoms with van der Waals surface area (Å²) < 4.78 is 0. The van der Waals surface area contributed by atoms with Gasteiger partial charge in [-0.1, -0.05) is 61.2 Å². The Morgan fingerprint density at radius 1 is 0.969 bits per heavy atom. The van der Waals surface area contributed by atoms with Crippen molar-refractivity contribution in [3.63, 3.8) is 0 Å². The fraction of sp³-hybridized carbons (Fsp3) is 0.385. The second-order valence-corrected chi connectivity index (χ2v) is 10.6. The van der Waals surface area contributed by atoms with Crippen LogP contribution in [0.5, 0.6) is 0 Å². The van der Waals surface area contributed by atoms with Crippen molar-refractivity contribution in [3.05, 3.63) is 80.2 Å². The Morgan fingerprint density at radius 2 is 1.62 bits per heavy atom. The molecule has 0 bridgehead atoms. The van der Waals surface area contributed by atoms with Crippen molar-refractivity contribution in [2.45, 2.75) is 64.1 Å². The number of hydrogen-bond donors (Lipinski definition) is 1. The van der Waals surface area contributed by atoms with Crippen molar-refractivity contribution in [2.24, 2.45) is 0 Å². The van der Waals surface area contributed by atoms with E-state index >= 15 is 0 Å². The van der Waals surface area contributed by atoms with E-state index in [0.29, 0.717) is 13.0 Å². The summed E-state index contributed by atoms with van der Waals surface area (Å²) >= 11 is 3.19. The van der Waals surface area contributed by atoms with Crippen LogP contribution in [0, 0.1) is 6.92 Å². The summed E-state index contributed by atoms with van der Waals surface area (Å²) in [6, 6.07) is 15.5. The average Bonchev–Trinajstić information content (AvgIpc) is 3.49. The van der Waals surface area contributed by atoms with Crippen molar-refractivity contribution < 1.29 is 9.59 Å². The van der Waals surface area contributed by atoms with Gasteiger partial charge in [0, 0.05) is 15.8 Å². The third-order valence-corrected chi connectivity index (χ3v) is 7.77. The summed E-state index contributed by atoms with van der Waals surface area (Å²) in [4.78, 5) is 31.1. The quantitative estimate of drug-likeness (QED) is 0.451. The average molecular weight is 467 g/mol. The van der Waals surface area contributed by atoms with Gasteiger partial charge in [-0.3, -0.25) is 9.59 Å². The fourth-order valence-electron chi connectivity index (χ4n) is 4.31. The van der Waals surface area contributed by atoms with E-state index in [9.17, 15) is 9.59 Å². The number of nitrogens with zero attached hydrogens (tertiary/aromatic N) is 1. The van der Waals surface area contributed by atoms with E-state index in [1.54, 1.807) is 27.6 Å². The van der Waals surface area contributed by atoms with E-state index in [-0.39, 0.29) is 17.9 Å². The van der Waals surface area contributed by atoms with Gasteiger partial charge < -0.3 is 10.2 Å². The number of carbonyl (C=O) groups excluding carboxylic acids is 2. The van der Waals surface area contributed by atoms with Gasteiger partial charge in [-0.05, 0) is 48.2 Å². The molecule has 2 amide bonds. The maximum Gasteiger partial charge on any atom is 0.247 e. The fourth-order valence-corrected chi connectivity index (χ4v) is 5.70. The van der Waals surface area contributed by atoms with Crippen LogP contribution in [-0.2, 0) is 22.6 Å². The highest BCUT2D eigenvalue weighted by molar-refractivity contribution is 7.10. The molecule has 4 rings (SSSR count). The summed E-state index contributed by atoms with van der Waals surface area (Å²) in [5.74, 6) is -0.0953. The predicted molar refractivity (Wildman–Crippen MR) is 132 cm³/mol. The Morgan fingerprint density at radius 3 is 2.25 bits per heavy atom. The van der Waals surface area contributed by atoms with Crippen molar-refractivity contribution in [3.8, 4) is 0 Å². The van der Waals surface area contributed by atoms with Crippen molar-refractivity contribution in [1.82, 2.24) is 10.2 Å². The lowest BCUT2D eigenvalue weighted by Crippen LogP contribution is -2.47. The number of thiophene rings is 2. The lowest BCUT2D eigenvalue weighted by molar-refractivity contribution is -0.141. The van der Waals surface area contributed by atoms with Gasteiger partial charge >= 0.3 is 0 Å². The minimum absolute atomic E-state index is 0.0229. The van der Waals surface area contributed by atoms with Gasteiger partial charge in [0.15, 0.2) is 0 Å². The highest BCUT2D eigenvalue weighted by Gasteiger charge is 2.33. The Kier molecular flexibility index (Phi) is 7.76. The van der Waals surface area contributed by atoms with Crippen LogP contribution in [-0.4, -0.2) is 22.8 Å². The molecule has 0 spiro atoms. The monoisotopic (exact) mass is 466 g/mol. The molecule has 1 atom stereocenters. The Balaban J connectivity index is 1.66. The van der Waals surface area contributed by atoms with E-state index in [4.69, 9.17) is 0 Å². The molecule has 32 heavy (non-hydrogen) atoms. The van der Waals surface area contributed by atoms with Crippen LogP contribution >= 0.6 is 22.7 Å². The largest absolute Gasteiger partial charge is 0.351 e. The van der Waals surface area contributed by atoms with E-state index in [2.05, 4.69) is 5.32 Å². The molecule has 6 heteroatoms. The lowest BCUT2D eigenvalue weighted by atomic mass is 9.94. The smallest absolute Gasteiger partial charge is 0.247 e. The summed E-state index contributed by atoms with van der Waals surface area (Å²) in [6.07, 6.45) is 5.87. The standard InChI is InChI=1S/C26H30N2O2S2/c1-19-11-13-20(14-12-19)25(26(30)27-21-7-3-2-4-8-21)28(18-23-10-6-16-32-23)24(29)17-22-9-5-15-31-22/h5-6,9-16,21,25H,2-4,7-8,17-18H2,1H3,(H,27,30)/t25-/m0/s1. The van der Waals surface area contributed by atoms with E-state index in [0.717, 1.165) is 46.6 Å². The summed E-state index contributed by atoms with van der Waals surface area (Å²) in [5, 5.41) is 7.28. The van der Waals surface area contributed by atoms with Crippen LogP contribution in [0.15, 0.2) is 59.3 Å². The maximum atomic E-state index is 13.7. The molecular weight excluding hydrogens is 436 g/mol. The molecule has 0 unspecified atom stereocenters. The van der Waals surface area contributed by atoms with Gasteiger partial charge in [0.25, 0.3) is 0 Å². The van der Waals surface area contributed by atoms with Gasteiger partial charge in [0.1, 0.15) is 6.04 Å². The summed E-state index contributed by atoms with van der Waals surface area (Å²) in [6.45, 7) is 2.46. The van der Waals surface area contributed by atoms with Crippen molar-refractivity contribution in [1.29, 1.82) is 0 Å². The van der Waals surface area contributed by atoms with Crippen molar-refractivity contribution >= 4 is 34.5 Å².